The molecule has 7 heteroatoms. The van der Waals surface area contributed by atoms with E-state index in [1.807, 2.05) is 11.8 Å². The lowest BCUT2D eigenvalue weighted by Gasteiger charge is -2.31. The molecule has 0 aliphatic carbocycles. The second-order valence-corrected chi connectivity index (χ2v) is 7.95. The fourth-order valence-corrected chi connectivity index (χ4v) is 4.24. The van der Waals surface area contributed by atoms with Gasteiger partial charge in [-0.15, -0.1) is 11.3 Å². The summed E-state index contributed by atoms with van der Waals surface area (Å²) >= 11 is 1.74. The Morgan fingerprint density at radius 3 is 2.61 bits per heavy atom. The van der Waals surface area contributed by atoms with Crippen LogP contribution < -0.4 is 10.6 Å². The first kappa shape index (κ1) is 20.1. The maximum atomic E-state index is 13.0. The van der Waals surface area contributed by atoms with Crippen LogP contribution in [-0.4, -0.2) is 35.2 Å². The van der Waals surface area contributed by atoms with Gasteiger partial charge in [-0.3, -0.25) is 14.4 Å². The molecule has 1 aliphatic heterocycles. The molecule has 1 aromatic heterocycles. The van der Waals surface area contributed by atoms with Crippen LogP contribution in [0.2, 0.25) is 0 Å². The van der Waals surface area contributed by atoms with Gasteiger partial charge in [0.1, 0.15) is 6.04 Å². The lowest BCUT2D eigenvalue weighted by atomic mass is 10.1. The molecule has 0 spiro atoms. The monoisotopic (exact) mass is 399 g/mol. The largest absolute Gasteiger partial charge is 0.340 e. The van der Waals surface area contributed by atoms with Gasteiger partial charge in [0.2, 0.25) is 11.8 Å². The molecule has 0 radical (unpaired) electrons. The van der Waals surface area contributed by atoms with Crippen LogP contribution in [-0.2, 0) is 22.6 Å². The van der Waals surface area contributed by atoms with Gasteiger partial charge in [-0.05, 0) is 54.1 Å². The molecule has 2 aromatic rings. The predicted octanol–water partition coefficient (Wildman–Crippen LogP) is 3.19. The number of amides is 3. The fraction of sp³-hybridized carbons (Fsp3) is 0.381. The van der Waals surface area contributed by atoms with Gasteiger partial charge in [-0.1, -0.05) is 13.3 Å². The van der Waals surface area contributed by atoms with Gasteiger partial charge >= 0.3 is 0 Å². The highest BCUT2D eigenvalue weighted by Gasteiger charge is 2.28. The third kappa shape index (κ3) is 4.78. The maximum Gasteiger partial charge on any atom is 0.251 e. The van der Waals surface area contributed by atoms with Crippen molar-refractivity contribution >= 4 is 34.7 Å². The number of carbonyl (C=O) groups is 3. The summed E-state index contributed by atoms with van der Waals surface area (Å²) in [6, 6.07) is 8.18. The Hall–Kier alpha value is -2.67. The average Bonchev–Trinajstić information content (AvgIpc) is 3.15. The van der Waals surface area contributed by atoms with E-state index in [4.69, 9.17) is 0 Å². The Morgan fingerprint density at radius 2 is 1.93 bits per heavy atom. The summed E-state index contributed by atoms with van der Waals surface area (Å²) in [6.45, 7) is 4.73. The molecule has 1 unspecified atom stereocenters. The highest BCUT2D eigenvalue weighted by Crippen LogP contribution is 2.24. The molecule has 0 fully saturated rings. The summed E-state index contributed by atoms with van der Waals surface area (Å²) in [5.41, 5.74) is 2.30. The molecule has 1 aromatic carbocycles. The molecule has 28 heavy (non-hydrogen) atoms. The molecule has 6 nitrogen and oxygen atoms in total. The number of nitrogens with zero attached hydrogens (tertiary/aromatic N) is 1. The van der Waals surface area contributed by atoms with Crippen molar-refractivity contribution in [1.82, 2.24) is 10.2 Å². The van der Waals surface area contributed by atoms with Crippen LogP contribution in [0.15, 0.2) is 35.7 Å². The average molecular weight is 400 g/mol. The molecule has 3 amide bonds. The van der Waals surface area contributed by atoms with Crippen molar-refractivity contribution in [2.24, 2.45) is 0 Å². The zero-order valence-electron chi connectivity index (χ0n) is 16.2. The lowest BCUT2D eigenvalue weighted by Crippen LogP contribution is -2.49. The minimum atomic E-state index is -0.535. The normalized spacial score (nSPS) is 14.1. The van der Waals surface area contributed by atoms with Crippen LogP contribution >= 0.6 is 11.3 Å². The third-order valence-electron chi connectivity index (χ3n) is 4.77. The van der Waals surface area contributed by atoms with Crippen molar-refractivity contribution in [2.75, 3.05) is 11.9 Å². The number of fused-ring (bicyclic) bond motifs is 1. The first-order valence-electron chi connectivity index (χ1n) is 9.50. The lowest BCUT2D eigenvalue weighted by molar-refractivity contribution is -0.134. The quantitative estimate of drug-likeness (QED) is 0.783. The van der Waals surface area contributed by atoms with Crippen LogP contribution in [0.3, 0.4) is 0 Å². The second kappa shape index (κ2) is 9.01. The third-order valence-corrected chi connectivity index (χ3v) is 5.79. The van der Waals surface area contributed by atoms with Crippen molar-refractivity contribution in [3.8, 4) is 0 Å². The minimum absolute atomic E-state index is 0.0260. The van der Waals surface area contributed by atoms with Crippen LogP contribution in [0.1, 0.15) is 47.5 Å². The molecule has 0 bridgehead atoms. The molecular weight excluding hydrogens is 374 g/mol. The Balaban J connectivity index is 1.66. The van der Waals surface area contributed by atoms with E-state index < -0.39 is 6.04 Å². The fourth-order valence-electron chi connectivity index (χ4n) is 3.35. The van der Waals surface area contributed by atoms with Gasteiger partial charge in [-0.2, -0.15) is 0 Å². The summed E-state index contributed by atoms with van der Waals surface area (Å²) in [5.74, 6) is -0.475. The highest BCUT2D eigenvalue weighted by atomic mass is 32.1. The van der Waals surface area contributed by atoms with Crippen molar-refractivity contribution in [3.05, 3.63) is 51.7 Å². The first-order chi connectivity index (χ1) is 13.5. The standard InChI is InChI=1S/C21H25N3O3S/c1-3-4-18(21(27)24-11-9-19-16(13-24)10-12-28-19)23-20(26)15-5-7-17(8-6-15)22-14(2)25/h5-8,10,12,18H,3-4,9,11,13H2,1-2H3,(H,22,25)(H,23,26). The topological polar surface area (TPSA) is 78.5 Å². The predicted molar refractivity (Wildman–Crippen MR) is 110 cm³/mol. The number of benzene rings is 1. The molecule has 0 saturated heterocycles. The van der Waals surface area contributed by atoms with E-state index in [9.17, 15) is 14.4 Å². The van der Waals surface area contributed by atoms with Crippen molar-refractivity contribution in [2.45, 2.75) is 45.7 Å². The summed E-state index contributed by atoms with van der Waals surface area (Å²) in [5, 5.41) is 7.63. The molecule has 3 rings (SSSR count). The van der Waals surface area contributed by atoms with Crippen molar-refractivity contribution in [1.29, 1.82) is 0 Å². The van der Waals surface area contributed by atoms with Crippen LogP contribution in [0.4, 0.5) is 5.69 Å². The van der Waals surface area contributed by atoms with Gasteiger partial charge in [-0.25, -0.2) is 0 Å². The molecule has 1 aliphatic rings. The number of hydrogen-bond acceptors (Lipinski definition) is 4. The number of rotatable bonds is 6. The van der Waals surface area contributed by atoms with Crippen LogP contribution in [0, 0.1) is 0 Å². The van der Waals surface area contributed by atoms with Gasteiger partial charge in [0.05, 0.1) is 0 Å². The molecule has 2 heterocycles. The first-order valence-corrected chi connectivity index (χ1v) is 10.4. The zero-order chi connectivity index (χ0) is 20.1. The Bertz CT molecular complexity index is 860. The summed E-state index contributed by atoms with van der Waals surface area (Å²) in [7, 11) is 0. The van der Waals surface area contributed by atoms with Gasteiger partial charge < -0.3 is 15.5 Å². The van der Waals surface area contributed by atoms with E-state index in [-0.39, 0.29) is 17.7 Å². The summed E-state index contributed by atoms with van der Waals surface area (Å²) < 4.78 is 0. The zero-order valence-corrected chi connectivity index (χ0v) is 17.0. The molecule has 148 valence electrons. The minimum Gasteiger partial charge on any atom is -0.340 e. The van der Waals surface area contributed by atoms with Crippen LogP contribution in [0.5, 0.6) is 0 Å². The number of anilines is 1. The Labute approximate surface area is 168 Å². The van der Waals surface area contributed by atoms with E-state index in [1.165, 1.54) is 17.4 Å². The molecular formula is C21H25N3O3S. The number of thiophene rings is 1. The van der Waals surface area contributed by atoms with E-state index in [1.54, 1.807) is 35.6 Å². The second-order valence-electron chi connectivity index (χ2n) is 6.95. The van der Waals surface area contributed by atoms with E-state index in [0.717, 1.165) is 12.8 Å². The summed E-state index contributed by atoms with van der Waals surface area (Å²) in [4.78, 5) is 40.0. The van der Waals surface area contributed by atoms with E-state index in [2.05, 4.69) is 22.1 Å². The highest BCUT2D eigenvalue weighted by molar-refractivity contribution is 7.10. The molecule has 2 N–H and O–H groups in total. The maximum absolute atomic E-state index is 13.0. The Morgan fingerprint density at radius 1 is 1.18 bits per heavy atom. The van der Waals surface area contributed by atoms with Crippen molar-refractivity contribution in [3.63, 3.8) is 0 Å². The van der Waals surface area contributed by atoms with E-state index in [0.29, 0.717) is 30.8 Å². The van der Waals surface area contributed by atoms with Gasteiger partial charge in [0.15, 0.2) is 0 Å². The van der Waals surface area contributed by atoms with Crippen LogP contribution in [0.25, 0.3) is 0 Å². The van der Waals surface area contributed by atoms with Crippen molar-refractivity contribution < 1.29 is 14.4 Å². The number of carbonyl (C=O) groups excluding carboxylic acids is 3. The summed E-state index contributed by atoms with van der Waals surface area (Å²) in [6.07, 6.45) is 2.27. The van der Waals surface area contributed by atoms with Gasteiger partial charge in [0.25, 0.3) is 5.91 Å². The number of nitrogens with one attached hydrogen (secondary N) is 2. The molecule has 1 atom stereocenters. The molecule has 0 saturated carbocycles. The van der Waals surface area contributed by atoms with E-state index >= 15 is 0 Å². The SMILES string of the molecule is CCCC(NC(=O)c1ccc(NC(C)=O)cc1)C(=O)N1CCc2sccc2C1. The Kier molecular flexibility index (Phi) is 6.46. The smallest absolute Gasteiger partial charge is 0.251 e. The van der Waals surface area contributed by atoms with Gasteiger partial charge in [0, 0.05) is 36.1 Å². The number of hydrogen-bond donors (Lipinski definition) is 2.